The van der Waals surface area contributed by atoms with Gasteiger partial charge >= 0.3 is 19.1 Å². The first-order chi connectivity index (χ1) is 12.8. The summed E-state index contributed by atoms with van der Waals surface area (Å²) in [6, 6.07) is 1.96. The molecule has 1 amide bonds. The number of carboxylic acids is 2. The van der Waals surface area contributed by atoms with Gasteiger partial charge in [-0.3, -0.25) is 9.59 Å². The van der Waals surface area contributed by atoms with Crippen molar-refractivity contribution < 1.29 is 39.0 Å². The van der Waals surface area contributed by atoms with E-state index in [-0.39, 0.29) is 49.0 Å². The van der Waals surface area contributed by atoms with Crippen LogP contribution in [0.15, 0.2) is 12.1 Å². The second-order valence-electron chi connectivity index (χ2n) is 6.53. The lowest BCUT2D eigenvalue weighted by molar-refractivity contribution is -0.146. The number of hydrogen-bond donors (Lipinski definition) is 4. The van der Waals surface area contributed by atoms with Gasteiger partial charge in [0.05, 0.1) is 19.5 Å². The van der Waals surface area contributed by atoms with E-state index in [1.807, 2.05) is 0 Å². The van der Waals surface area contributed by atoms with Crippen LogP contribution in [0.25, 0.3) is 0 Å². The number of nitrogens with zero attached hydrogens (tertiary/aromatic N) is 1. The number of amides is 1. The molecule has 0 bridgehead atoms. The molecule has 2 heterocycles. The number of nitrogens with two attached hydrogens (primary N) is 1. The minimum Gasteiger partial charge on any atom is -0.535 e. The van der Waals surface area contributed by atoms with Gasteiger partial charge in [0.15, 0.2) is 0 Å². The minimum absolute atomic E-state index is 0. The molecule has 152 valence electrons. The Bertz CT molecular complexity index is 786. The molecule has 1 aromatic carbocycles. The molecule has 5 N–H and O–H groups in total. The molecular weight excluding hydrogens is 394 g/mol. The van der Waals surface area contributed by atoms with Gasteiger partial charge in [0.2, 0.25) is 5.91 Å². The first-order valence-corrected chi connectivity index (χ1v) is 8.43. The number of carbonyl (C=O) groups excluding carboxylic acids is 1. The molecular formula is C16H20BClN2O8. The molecule has 2 aliphatic rings. The summed E-state index contributed by atoms with van der Waals surface area (Å²) < 4.78 is 11.0. The van der Waals surface area contributed by atoms with Gasteiger partial charge in [0.25, 0.3) is 0 Å². The molecule has 10 nitrogen and oxygen atoms in total. The molecule has 0 radical (unpaired) electrons. The van der Waals surface area contributed by atoms with E-state index in [2.05, 4.69) is 0 Å². The average Bonchev–Trinajstić information content (AvgIpc) is 2.56. The Morgan fingerprint density at radius 2 is 2.00 bits per heavy atom. The van der Waals surface area contributed by atoms with Crippen LogP contribution in [0.1, 0.15) is 22.3 Å². The van der Waals surface area contributed by atoms with Crippen LogP contribution in [0.4, 0.5) is 0 Å². The molecule has 1 atom stereocenters. The Hall–Kier alpha value is -2.50. The number of hydrogen-bond acceptors (Lipinski definition) is 7. The number of aryl methyl sites for hydroxylation is 1. The molecule has 0 spiro atoms. The van der Waals surface area contributed by atoms with Crippen molar-refractivity contribution in [2.75, 3.05) is 13.1 Å². The van der Waals surface area contributed by atoms with E-state index in [4.69, 9.17) is 20.2 Å². The number of ether oxygens (including phenoxy) is 1. The third-order valence-corrected chi connectivity index (χ3v) is 4.54. The Morgan fingerprint density at radius 1 is 1.32 bits per heavy atom. The summed E-state index contributed by atoms with van der Waals surface area (Å²) in [4.78, 5) is 35.7. The highest BCUT2D eigenvalue weighted by Crippen LogP contribution is 2.37. The van der Waals surface area contributed by atoms with Crippen LogP contribution in [0.5, 0.6) is 11.5 Å². The summed E-state index contributed by atoms with van der Waals surface area (Å²) >= 11 is 0. The van der Waals surface area contributed by atoms with Crippen LogP contribution in [-0.4, -0.2) is 70.3 Å². The Kier molecular flexibility index (Phi) is 6.75. The van der Waals surface area contributed by atoms with Gasteiger partial charge in [0.1, 0.15) is 29.2 Å². The van der Waals surface area contributed by atoms with Gasteiger partial charge < -0.3 is 35.3 Å². The molecule has 12 heteroatoms. The standard InChI is InChI=1S/C16H19BN2O8.ClH/c18-10(15(21)22)5-12(20)19-6-9(7-19)26-11-2-1-8-3-4-17(25)27-14(8)13(11)16(23)24;/h1-2,9-10,25H,3-7,18H2,(H,21,22)(H,23,24);1H/t10-;/m0./s1. The first-order valence-electron chi connectivity index (χ1n) is 8.43. The Morgan fingerprint density at radius 3 is 2.61 bits per heavy atom. The number of fused-ring (bicyclic) bond motifs is 1. The van der Waals surface area contributed by atoms with E-state index >= 15 is 0 Å². The quantitative estimate of drug-likeness (QED) is 0.455. The van der Waals surface area contributed by atoms with E-state index in [1.54, 1.807) is 6.07 Å². The van der Waals surface area contributed by atoms with Gasteiger partial charge in [0, 0.05) is 0 Å². The predicted molar refractivity (Wildman–Crippen MR) is 99.0 cm³/mol. The van der Waals surface area contributed by atoms with Crippen LogP contribution in [0.2, 0.25) is 6.32 Å². The first kappa shape index (κ1) is 21.8. The summed E-state index contributed by atoms with van der Waals surface area (Å²) in [5, 5.41) is 27.9. The summed E-state index contributed by atoms with van der Waals surface area (Å²) in [7, 11) is -1.07. The van der Waals surface area contributed by atoms with Crippen LogP contribution < -0.4 is 15.1 Å². The lowest BCUT2D eigenvalue weighted by Gasteiger charge is -2.39. The van der Waals surface area contributed by atoms with Crippen LogP contribution in [-0.2, 0) is 16.0 Å². The van der Waals surface area contributed by atoms with Gasteiger partial charge in [-0.1, -0.05) is 6.07 Å². The number of rotatable bonds is 6. The van der Waals surface area contributed by atoms with Crippen molar-refractivity contribution in [3.05, 3.63) is 23.3 Å². The van der Waals surface area contributed by atoms with E-state index in [0.717, 1.165) is 0 Å². The lowest BCUT2D eigenvalue weighted by Crippen LogP contribution is -2.57. The van der Waals surface area contributed by atoms with Crippen molar-refractivity contribution in [2.24, 2.45) is 5.73 Å². The predicted octanol–water partition coefficient (Wildman–Crippen LogP) is -0.386. The number of halogens is 1. The zero-order valence-corrected chi connectivity index (χ0v) is 15.6. The maximum atomic E-state index is 11.9. The van der Waals surface area contributed by atoms with E-state index < -0.39 is 37.1 Å². The zero-order valence-electron chi connectivity index (χ0n) is 14.7. The monoisotopic (exact) mass is 414 g/mol. The van der Waals surface area contributed by atoms with Crippen molar-refractivity contribution in [3.63, 3.8) is 0 Å². The normalized spacial score (nSPS) is 16.8. The number of aliphatic carboxylic acids is 1. The van der Waals surface area contributed by atoms with Crippen LogP contribution in [0.3, 0.4) is 0 Å². The maximum absolute atomic E-state index is 11.9. The summed E-state index contributed by atoms with van der Waals surface area (Å²) in [5.41, 5.74) is 5.86. The van der Waals surface area contributed by atoms with E-state index in [9.17, 15) is 24.5 Å². The van der Waals surface area contributed by atoms with Gasteiger partial charge in [-0.05, 0) is 24.4 Å². The summed E-state index contributed by atoms with van der Waals surface area (Å²) in [6.07, 6.45) is 0.129. The number of benzene rings is 1. The summed E-state index contributed by atoms with van der Waals surface area (Å²) in [6.45, 7) is 0.398. The number of aromatic carboxylic acids is 1. The molecule has 2 aliphatic heterocycles. The lowest BCUT2D eigenvalue weighted by atomic mass is 9.78. The van der Waals surface area contributed by atoms with Crippen molar-refractivity contribution in [1.29, 1.82) is 0 Å². The van der Waals surface area contributed by atoms with Crippen molar-refractivity contribution >= 4 is 37.4 Å². The third kappa shape index (κ3) is 4.49. The molecule has 0 aromatic heterocycles. The molecule has 28 heavy (non-hydrogen) atoms. The number of likely N-dealkylation sites (tertiary alicyclic amines) is 1. The summed E-state index contributed by atoms with van der Waals surface area (Å²) in [5.74, 6) is -2.71. The molecule has 0 unspecified atom stereocenters. The van der Waals surface area contributed by atoms with E-state index in [1.165, 1.54) is 11.0 Å². The Labute approximate surface area is 166 Å². The van der Waals surface area contributed by atoms with Crippen LogP contribution >= 0.6 is 12.4 Å². The SMILES string of the molecule is Cl.N[C@@H](CC(=O)N1CC(Oc2ccc3c(c2C(=O)O)OB(O)CC3)C1)C(=O)O. The van der Waals surface area contributed by atoms with Crippen molar-refractivity contribution in [1.82, 2.24) is 4.90 Å². The van der Waals surface area contributed by atoms with E-state index in [0.29, 0.717) is 18.3 Å². The maximum Gasteiger partial charge on any atom is 0.522 e. The highest BCUT2D eigenvalue weighted by molar-refractivity contribution is 6.44. The van der Waals surface area contributed by atoms with Gasteiger partial charge in [-0.15, -0.1) is 12.4 Å². The molecule has 3 rings (SSSR count). The fourth-order valence-electron chi connectivity index (χ4n) is 3.01. The molecule has 0 aliphatic carbocycles. The van der Waals surface area contributed by atoms with Gasteiger partial charge in [-0.2, -0.15) is 0 Å². The highest BCUT2D eigenvalue weighted by Gasteiger charge is 2.36. The van der Waals surface area contributed by atoms with Crippen molar-refractivity contribution in [2.45, 2.75) is 31.3 Å². The molecule has 0 saturated carbocycles. The number of carboxylic acid groups (broad SMARTS) is 2. The number of carbonyl (C=O) groups is 3. The topological polar surface area (TPSA) is 160 Å². The molecule has 1 fully saturated rings. The fourth-order valence-corrected chi connectivity index (χ4v) is 3.01. The van der Waals surface area contributed by atoms with Crippen molar-refractivity contribution in [3.8, 4) is 11.5 Å². The smallest absolute Gasteiger partial charge is 0.522 e. The average molecular weight is 415 g/mol. The Balaban J connectivity index is 0.00000280. The third-order valence-electron chi connectivity index (χ3n) is 4.54. The van der Waals surface area contributed by atoms with Gasteiger partial charge in [-0.25, -0.2) is 4.79 Å². The minimum atomic E-state index is -1.26. The van der Waals surface area contributed by atoms with Crippen LogP contribution in [0, 0.1) is 0 Å². The zero-order chi connectivity index (χ0) is 19.7. The second kappa shape index (κ2) is 8.67. The molecule has 1 aromatic rings. The largest absolute Gasteiger partial charge is 0.535 e. The second-order valence-corrected chi connectivity index (χ2v) is 6.53. The fraction of sp³-hybridized carbons (Fsp3) is 0.438. The molecule has 1 saturated heterocycles. The highest BCUT2D eigenvalue weighted by atomic mass is 35.5.